The summed E-state index contributed by atoms with van der Waals surface area (Å²) in [6, 6.07) is 5.59. The highest BCUT2D eigenvalue weighted by molar-refractivity contribution is 6.30. The largest absolute Gasteiger partial charge is 0.478 e. The second-order valence-corrected chi connectivity index (χ2v) is 4.59. The third-order valence-electron chi connectivity index (χ3n) is 2.79. The first-order chi connectivity index (χ1) is 9.90. The molecule has 7 heteroatoms. The lowest BCUT2D eigenvalue weighted by Gasteiger charge is -2.10. The van der Waals surface area contributed by atoms with E-state index < -0.39 is 29.0 Å². The molecular weight excluding hydrogens is 307 g/mol. The van der Waals surface area contributed by atoms with E-state index in [0.717, 1.165) is 6.07 Å². The average Bonchev–Trinajstić information content (AvgIpc) is 2.41. The minimum Gasteiger partial charge on any atom is -0.478 e. The molecule has 110 valence electrons. The second-order valence-electron chi connectivity index (χ2n) is 4.18. The molecule has 0 aromatic heterocycles. The summed E-state index contributed by atoms with van der Waals surface area (Å²) in [5, 5.41) is 11.2. The van der Waals surface area contributed by atoms with Gasteiger partial charge in [0.1, 0.15) is 17.5 Å². The average molecular weight is 316 g/mol. The van der Waals surface area contributed by atoms with Crippen LogP contribution in [0.3, 0.4) is 0 Å². The lowest BCUT2D eigenvalue weighted by atomic mass is 10.1. The van der Waals surface area contributed by atoms with E-state index in [-0.39, 0.29) is 22.8 Å². The molecule has 0 saturated heterocycles. The predicted molar refractivity (Wildman–Crippen MR) is 72.1 cm³/mol. The first-order valence-electron chi connectivity index (χ1n) is 5.79. The summed E-state index contributed by atoms with van der Waals surface area (Å²) in [5.41, 5.74) is -0.748. The standard InChI is InChI=1S/C14H9ClF3NO2/c15-9-3-1-2-7(13(9)18)6-19-12-4-8(14(20)21)10(16)5-11(12)17/h1-5,19H,6H2,(H,20,21). The van der Waals surface area contributed by atoms with Gasteiger partial charge in [0, 0.05) is 18.2 Å². The number of benzene rings is 2. The highest BCUT2D eigenvalue weighted by atomic mass is 35.5. The van der Waals surface area contributed by atoms with Crippen LogP contribution in [0.15, 0.2) is 30.3 Å². The Bertz CT molecular complexity index is 707. The van der Waals surface area contributed by atoms with Crippen LogP contribution in [-0.2, 0) is 6.54 Å². The number of hydrogen-bond donors (Lipinski definition) is 2. The van der Waals surface area contributed by atoms with Gasteiger partial charge in [-0.3, -0.25) is 0 Å². The summed E-state index contributed by atoms with van der Waals surface area (Å²) in [5.74, 6) is -4.34. The number of rotatable bonds is 4. The van der Waals surface area contributed by atoms with Crippen molar-refractivity contribution in [2.24, 2.45) is 0 Å². The number of carboxylic acid groups (broad SMARTS) is 1. The first-order valence-corrected chi connectivity index (χ1v) is 6.17. The van der Waals surface area contributed by atoms with Crippen LogP contribution in [0.25, 0.3) is 0 Å². The molecule has 0 radical (unpaired) electrons. The van der Waals surface area contributed by atoms with Crippen LogP contribution in [0.4, 0.5) is 18.9 Å². The number of carboxylic acids is 1. The van der Waals surface area contributed by atoms with Crippen LogP contribution in [-0.4, -0.2) is 11.1 Å². The molecule has 2 aromatic rings. The van der Waals surface area contributed by atoms with Gasteiger partial charge in [-0.15, -0.1) is 0 Å². The summed E-state index contributed by atoms with van der Waals surface area (Å²) in [6.45, 7) is -0.131. The van der Waals surface area contributed by atoms with Crippen LogP contribution in [0.5, 0.6) is 0 Å². The summed E-state index contributed by atoms with van der Waals surface area (Å²) in [6.07, 6.45) is 0. The Morgan fingerprint density at radius 3 is 2.57 bits per heavy atom. The van der Waals surface area contributed by atoms with Gasteiger partial charge in [-0.25, -0.2) is 18.0 Å². The molecule has 0 spiro atoms. The van der Waals surface area contributed by atoms with E-state index in [9.17, 15) is 18.0 Å². The number of carbonyl (C=O) groups is 1. The van der Waals surface area contributed by atoms with Gasteiger partial charge in [-0.1, -0.05) is 23.7 Å². The molecule has 0 aliphatic heterocycles. The molecule has 0 aliphatic carbocycles. The fourth-order valence-corrected chi connectivity index (χ4v) is 1.92. The molecule has 3 nitrogen and oxygen atoms in total. The maximum absolute atomic E-state index is 13.7. The zero-order valence-corrected chi connectivity index (χ0v) is 11.2. The van der Waals surface area contributed by atoms with Crippen LogP contribution >= 0.6 is 11.6 Å². The second kappa shape index (κ2) is 6.05. The van der Waals surface area contributed by atoms with Crippen LogP contribution in [0.1, 0.15) is 15.9 Å². The maximum Gasteiger partial charge on any atom is 0.338 e. The van der Waals surface area contributed by atoms with Crippen molar-refractivity contribution in [1.29, 1.82) is 0 Å². The van der Waals surface area contributed by atoms with Gasteiger partial charge in [0.15, 0.2) is 0 Å². The highest BCUT2D eigenvalue weighted by Crippen LogP contribution is 2.22. The first kappa shape index (κ1) is 15.2. The molecule has 0 aliphatic rings. The molecule has 0 saturated carbocycles. The van der Waals surface area contributed by atoms with E-state index in [1.807, 2.05) is 0 Å². The Labute approximate surface area is 123 Å². The third kappa shape index (κ3) is 3.28. The molecule has 21 heavy (non-hydrogen) atoms. The fourth-order valence-electron chi connectivity index (χ4n) is 1.72. The quantitative estimate of drug-likeness (QED) is 0.894. The van der Waals surface area contributed by atoms with Crippen molar-refractivity contribution in [3.8, 4) is 0 Å². The van der Waals surface area contributed by atoms with Crippen LogP contribution < -0.4 is 5.32 Å². The van der Waals surface area contributed by atoms with Gasteiger partial charge in [0.25, 0.3) is 0 Å². The van der Waals surface area contributed by atoms with E-state index in [2.05, 4.69) is 5.32 Å². The maximum atomic E-state index is 13.7. The summed E-state index contributed by atoms with van der Waals surface area (Å²) in [7, 11) is 0. The number of hydrogen-bond acceptors (Lipinski definition) is 2. The van der Waals surface area contributed by atoms with Crippen molar-refractivity contribution >= 4 is 23.3 Å². The smallest absolute Gasteiger partial charge is 0.338 e. The molecule has 0 amide bonds. The van der Waals surface area contributed by atoms with Gasteiger partial charge < -0.3 is 10.4 Å². The monoisotopic (exact) mass is 315 g/mol. The zero-order valence-electron chi connectivity index (χ0n) is 10.5. The van der Waals surface area contributed by atoms with Crippen LogP contribution in [0.2, 0.25) is 5.02 Å². The fraction of sp³-hybridized carbons (Fsp3) is 0.0714. The Morgan fingerprint density at radius 1 is 1.19 bits per heavy atom. The molecule has 0 bridgehead atoms. The van der Waals surface area contributed by atoms with Crippen LogP contribution in [0, 0.1) is 17.5 Å². The van der Waals surface area contributed by atoms with E-state index in [1.165, 1.54) is 18.2 Å². The SMILES string of the molecule is O=C(O)c1cc(NCc2cccc(Cl)c2F)c(F)cc1F. The van der Waals surface area contributed by atoms with Crippen molar-refractivity contribution in [3.05, 3.63) is 63.9 Å². The van der Waals surface area contributed by atoms with Gasteiger partial charge in [0.2, 0.25) is 0 Å². The Kier molecular flexibility index (Phi) is 4.37. The van der Waals surface area contributed by atoms with Crippen molar-refractivity contribution in [2.45, 2.75) is 6.54 Å². The summed E-state index contributed by atoms with van der Waals surface area (Å²) < 4.78 is 40.5. The lowest BCUT2D eigenvalue weighted by molar-refractivity contribution is 0.0692. The molecule has 2 rings (SSSR count). The predicted octanol–water partition coefficient (Wildman–Crippen LogP) is 4.07. The van der Waals surface area contributed by atoms with Crippen molar-refractivity contribution < 1.29 is 23.1 Å². The highest BCUT2D eigenvalue weighted by Gasteiger charge is 2.15. The minimum atomic E-state index is -1.52. The molecule has 0 heterocycles. The van der Waals surface area contributed by atoms with Gasteiger partial charge in [-0.05, 0) is 12.1 Å². The topological polar surface area (TPSA) is 49.3 Å². The number of halogens is 4. The van der Waals surface area contributed by atoms with Crippen molar-refractivity contribution in [3.63, 3.8) is 0 Å². The normalized spacial score (nSPS) is 10.5. The Balaban J connectivity index is 2.26. The molecule has 0 fully saturated rings. The lowest BCUT2D eigenvalue weighted by Crippen LogP contribution is -2.07. The van der Waals surface area contributed by atoms with E-state index in [4.69, 9.17) is 16.7 Å². The summed E-state index contributed by atoms with van der Waals surface area (Å²) >= 11 is 5.61. The van der Waals surface area contributed by atoms with Crippen molar-refractivity contribution in [1.82, 2.24) is 0 Å². The molecule has 0 atom stereocenters. The van der Waals surface area contributed by atoms with E-state index >= 15 is 0 Å². The third-order valence-corrected chi connectivity index (χ3v) is 3.08. The molecule has 0 unspecified atom stereocenters. The van der Waals surface area contributed by atoms with Gasteiger partial charge in [-0.2, -0.15) is 0 Å². The van der Waals surface area contributed by atoms with E-state index in [1.54, 1.807) is 0 Å². The molecule has 2 N–H and O–H groups in total. The van der Waals surface area contributed by atoms with Gasteiger partial charge in [0.05, 0.1) is 16.3 Å². The van der Waals surface area contributed by atoms with E-state index in [0.29, 0.717) is 6.07 Å². The number of aromatic carboxylic acids is 1. The molecule has 2 aromatic carbocycles. The zero-order chi connectivity index (χ0) is 15.6. The minimum absolute atomic E-state index is 0.0832. The van der Waals surface area contributed by atoms with Gasteiger partial charge >= 0.3 is 5.97 Å². The number of anilines is 1. The number of nitrogens with one attached hydrogen (secondary N) is 1. The summed E-state index contributed by atoms with van der Waals surface area (Å²) in [4.78, 5) is 10.8. The molecular formula is C14H9ClF3NO2. The Morgan fingerprint density at radius 2 is 1.90 bits per heavy atom. The van der Waals surface area contributed by atoms with Crippen molar-refractivity contribution in [2.75, 3.05) is 5.32 Å². The Hall–Kier alpha value is -2.21.